The summed E-state index contributed by atoms with van der Waals surface area (Å²) in [6.45, 7) is 5.25. The molecule has 0 aliphatic carbocycles. The second-order valence-electron chi connectivity index (χ2n) is 5.17. The molecule has 2 aromatic rings. The van der Waals surface area contributed by atoms with E-state index in [0.29, 0.717) is 18.7 Å². The molecule has 0 aliphatic heterocycles. The molecule has 0 aliphatic rings. The molecule has 0 radical (unpaired) electrons. The number of carbonyl (C=O) groups excluding carboxylic acids is 1. The Bertz CT molecular complexity index is 570. The first-order chi connectivity index (χ1) is 10.1. The van der Waals surface area contributed by atoms with E-state index in [1.54, 1.807) is 17.5 Å². The first-order valence-electron chi connectivity index (χ1n) is 7.10. The van der Waals surface area contributed by atoms with Crippen molar-refractivity contribution in [3.63, 3.8) is 0 Å². The van der Waals surface area contributed by atoms with Gasteiger partial charge in [-0.05, 0) is 31.5 Å². The predicted octanol–water partition coefficient (Wildman–Crippen LogP) is 3.12. The van der Waals surface area contributed by atoms with Gasteiger partial charge in [0.25, 0.3) is 5.91 Å². The summed E-state index contributed by atoms with van der Waals surface area (Å²) < 4.78 is 0. The molecule has 120 valence electrons. The van der Waals surface area contributed by atoms with Gasteiger partial charge < -0.3 is 10.6 Å². The van der Waals surface area contributed by atoms with Crippen LogP contribution in [0.15, 0.2) is 35.8 Å². The highest BCUT2D eigenvalue weighted by Gasteiger charge is 2.18. The van der Waals surface area contributed by atoms with Crippen LogP contribution in [0.3, 0.4) is 0 Å². The molecule has 2 N–H and O–H groups in total. The number of nitrogens with two attached hydrogens (primary N) is 1. The number of aromatic nitrogens is 1. The van der Waals surface area contributed by atoms with Crippen LogP contribution in [0.2, 0.25) is 0 Å². The van der Waals surface area contributed by atoms with Crippen LogP contribution < -0.4 is 5.73 Å². The first kappa shape index (κ1) is 18.6. The van der Waals surface area contributed by atoms with Crippen molar-refractivity contribution < 1.29 is 4.79 Å². The van der Waals surface area contributed by atoms with Crippen LogP contribution in [0.25, 0.3) is 0 Å². The van der Waals surface area contributed by atoms with Gasteiger partial charge in [0.05, 0.1) is 5.01 Å². The summed E-state index contributed by atoms with van der Waals surface area (Å²) in [4.78, 5) is 18.8. The minimum atomic E-state index is 0. The van der Waals surface area contributed by atoms with E-state index >= 15 is 0 Å². The molecule has 1 heterocycles. The van der Waals surface area contributed by atoms with Crippen LogP contribution in [0.1, 0.15) is 34.8 Å². The van der Waals surface area contributed by atoms with E-state index in [1.165, 1.54) is 0 Å². The zero-order valence-corrected chi connectivity index (χ0v) is 14.5. The Morgan fingerprint density at radius 1 is 1.32 bits per heavy atom. The van der Waals surface area contributed by atoms with Crippen LogP contribution in [0.4, 0.5) is 0 Å². The van der Waals surface area contributed by atoms with Crippen LogP contribution in [-0.2, 0) is 13.0 Å². The number of halogens is 1. The molecule has 1 aromatic carbocycles. The Morgan fingerprint density at radius 2 is 2.00 bits per heavy atom. The maximum Gasteiger partial charge on any atom is 0.254 e. The van der Waals surface area contributed by atoms with Crippen molar-refractivity contribution in [3.8, 4) is 0 Å². The number of carbonyl (C=O) groups is 1. The van der Waals surface area contributed by atoms with E-state index in [4.69, 9.17) is 5.73 Å². The lowest BCUT2D eigenvalue weighted by Gasteiger charge is -2.26. The highest BCUT2D eigenvalue weighted by Crippen LogP contribution is 2.12. The average molecular weight is 340 g/mol. The number of amides is 1. The lowest BCUT2D eigenvalue weighted by Crippen LogP contribution is -2.38. The summed E-state index contributed by atoms with van der Waals surface area (Å²) in [5.74, 6) is 0.0603. The molecule has 6 heteroatoms. The lowest BCUT2D eigenvalue weighted by molar-refractivity contribution is 0.0708. The Balaban J connectivity index is 0.00000242. The van der Waals surface area contributed by atoms with Crippen molar-refractivity contribution in [2.45, 2.75) is 32.9 Å². The summed E-state index contributed by atoms with van der Waals surface area (Å²) in [6, 6.07) is 7.68. The molecule has 2 rings (SSSR count). The van der Waals surface area contributed by atoms with Crippen molar-refractivity contribution in [2.24, 2.45) is 5.73 Å². The SMILES string of the molecule is CC(C)N(CCc1nccs1)C(=O)c1ccc(CN)cc1.Cl. The molecular weight excluding hydrogens is 318 g/mol. The molecule has 0 spiro atoms. The summed E-state index contributed by atoms with van der Waals surface area (Å²) in [7, 11) is 0. The zero-order valence-electron chi connectivity index (χ0n) is 12.9. The molecular formula is C16H22ClN3OS. The van der Waals surface area contributed by atoms with Gasteiger partial charge in [-0.2, -0.15) is 0 Å². The van der Waals surface area contributed by atoms with E-state index in [2.05, 4.69) is 4.98 Å². The van der Waals surface area contributed by atoms with Crippen LogP contribution >= 0.6 is 23.7 Å². The number of hydrogen-bond donors (Lipinski definition) is 1. The largest absolute Gasteiger partial charge is 0.336 e. The van der Waals surface area contributed by atoms with Gasteiger partial charge in [0.2, 0.25) is 0 Å². The topological polar surface area (TPSA) is 59.2 Å². The molecule has 0 saturated carbocycles. The van der Waals surface area contributed by atoms with Crippen molar-refractivity contribution in [2.75, 3.05) is 6.54 Å². The Hall–Kier alpha value is -1.43. The smallest absolute Gasteiger partial charge is 0.254 e. The molecule has 1 amide bonds. The molecule has 22 heavy (non-hydrogen) atoms. The normalized spacial score (nSPS) is 10.4. The van der Waals surface area contributed by atoms with Gasteiger partial charge in [-0.25, -0.2) is 4.98 Å². The third kappa shape index (κ3) is 4.80. The van der Waals surface area contributed by atoms with E-state index in [1.807, 2.05) is 48.4 Å². The second kappa shape index (κ2) is 8.88. The standard InChI is InChI=1S/C16H21N3OS.ClH/c1-12(2)19(9-7-15-18-8-10-21-15)16(20)14-5-3-13(11-17)4-6-14;/h3-6,8,10,12H,7,9,11,17H2,1-2H3;1H. The van der Waals surface area contributed by atoms with Crippen LogP contribution in [0, 0.1) is 0 Å². The molecule has 0 bridgehead atoms. The van der Waals surface area contributed by atoms with Gasteiger partial charge in [0.15, 0.2) is 0 Å². The molecule has 0 fully saturated rings. The summed E-state index contributed by atoms with van der Waals surface area (Å²) >= 11 is 1.63. The van der Waals surface area contributed by atoms with Crippen LogP contribution in [-0.4, -0.2) is 28.4 Å². The maximum absolute atomic E-state index is 12.6. The van der Waals surface area contributed by atoms with E-state index in [0.717, 1.165) is 17.0 Å². The van der Waals surface area contributed by atoms with Crippen molar-refractivity contribution in [3.05, 3.63) is 52.0 Å². The highest BCUT2D eigenvalue weighted by atomic mass is 35.5. The minimum Gasteiger partial charge on any atom is -0.336 e. The molecule has 1 aromatic heterocycles. The number of hydrogen-bond acceptors (Lipinski definition) is 4. The van der Waals surface area contributed by atoms with Crippen LogP contribution in [0.5, 0.6) is 0 Å². The van der Waals surface area contributed by atoms with Gasteiger partial charge in [0, 0.05) is 42.7 Å². The molecule has 4 nitrogen and oxygen atoms in total. The van der Waals surface area contributed by atoms with Gasteiger partial charge in [-0.3, -0.25) is 4.79 Å². The van der Waals surface area contributed by atoms with E-state index < -0.39 is 0 Å². The maximum atomic E-state index is 12.6. The van der Waals surface area contributed by atoms with Gasteiger partial charge >= 0.3 is 0 Å². The lowest BCUT2D eigenvalue weighted by atomic mass is 10.1. The van der Waals surface area contributed by atoms with Crippen molar-refractivity contribution in [1.29, 1.82) is 0 Å². The third-order valence-corrected chi connectivity index (χ3v) is 4.21. The Kier molecular flexibility index (Phi) is 7.51. The fourth-order valence-corrected chi connectivity index (χ4v) is 2.75. The minimum absolute atomic E-state index is 0. The predicted molar refractivity (Wildman–Crippen MR) is 93.6 cm³/mol. The fourth-order valence-electron chi connectivity index (χ4n) is 2.14. The first-order valence-corrected chi connectivity index (χ1v) is 7.98. The third-order valence-electron chi connectivity index (χ3n) is 3.37. The average Bonchev–Trinajstić information content (AvgIpc) is 3.00. The Labute approximate surface area is 141 Å². The summed E-state index contributed by atoms with van der Waals surface area (Å²) in [5.41, 5.74) is 7.33. The highest BCUT2D eigenvalue weighted by molar-refractivity contribution is 7.09. The Morgan fingerprint density at radius 3 is 2.50 bits per heavy atom. The molecule has 0 unspecified atom stereocenters. The summed E-state index contributed by atoms with van der Waals surface area (Å²) in [5, 5.41) is 3.02. The number of benzene rings is 1. The van der Waals surface area contributed by atoms with E-state index in [-0.39, 0.29) is 24.4 Å². The number of nitrogens with zero attached hydrogens (tertiary/aromatic N) is 2. The van der Waals surface area contributed by atoms with Gasteiger partial charge in [-0.15, -0.1) is 23.7 Å². The second-order valence-corrected chi connectivity index (χ2v) is 6.15. The zero-order chi connectivity index (χ0) is 15.2. The van der Waals surface area contributed by atoms with Crippen molar-refractivity contribution in [1.82, 2.24) is 9.88 Å². The quantitative estimate of drug-likeness (QED) is 0.879. The molecule has 0 saturated heterocycles. The number of rotatable bonds is 6. The fraction of sp³-hybridized carbons (Fsp3) is 0.375. The van der Waals surface area contributed by atoms with Crippen molar-refractivity contribution >= 4 is 29.7 Å². The van der Waals surface area contributed by atoms with E-state index in [9.17, 15) is 4.79 Å². The monoisotopic (exact) mass is 339 g/mol. The molecule has 0 atom stereocenters. The van der Waals surface area contributed by atoms with Gasteiger partial charge in [0.1, 0.15) is 0 Å². The van der Waals surface area contributed by atoms with Gasteiger partial charge in [-0.1, -0.05) is 12.1 Å². The number of thiazole rings is 1. The summed E-state index contributed by atoms with van der Waals surface area (Å²) in [6.07, 6.45) is 2.59.